The van der Waals surface area contributed by atoms with Gasteiger partial charge in [0.2, 0.25) is 5.91 Å². The minimum Gasteiger partial charge on any atom is -0.396 e. The molecule has 102 valence electrons. The first-order chi connectivity index (χ1) is 8.66. The molecule has 2 unspecified atom stereocenters. The first-order valence-corrected chi connectivity index (χ1v) is 6.76. The number of hydrogen-bond donors (Lipinski definition) is 2. The number of carbonyl (C=O) groups is 1. The van der Waals surface area contributed by atoms with E-state index in [1.807, 2.05) is 4.90 Å². The highest BCUT2D eigenvalue weighted by Crippen LogP contribution is 2.49. The minimum absolute atomic E-state index is 0.0984. The Balaban J connectivity index is 1.71. The predicted octanol–water partition coefficient (Wildman–Crippen LogP) is -0.547. The predicted molar refractivity (Wildman–Crippen MR) is 66.0 cm³/mol. The topological polar surface area (TPSA) is 61.8 Å². The monoisotopic (exact) mass is 254 g/mol. The number of nitrogens with one attached hydrogen (secondary N) is 1. The maximum Gasteiger partial charge on any atom is 0.231 e. The molecule has 5 nitrogen and oxygen atoms in total. The molecule has 2 N–H and O–H groups in total. The number of aliphatic hydroxyl groups is 1. The van der Waals surface area contributed by atoms with Crippen molar-refractivity contribution in [2.24, 2.45) is 16.7 Å². The van der Waals surface area contributed by atoms with Crippen LogP contribution in [-0.4, -0.2) is 62.4 Å². The highest BCUT2D eigenvalue weighted by atomic mass is 16.5. The lowest BCUT2D eigenvalue weighted by atomic mass is 9.82. The van der Waals surface area contributed by atoms with E-state index < -0.39 is 0 Å². The Morgan fingerprint density at radius 2 is 2.33 bits per heavy atom. The molecule has 2 aliphatic heterocycles. The van der Waals surface area contributed by atoms with E-state index >= 15 is 0 Å². The van der Waals surface area contributed by atoms with E-state index in [0.717, 1.165) is 32.5 Å². The number of likely N-dealkylation sites (tertiary alicyclic amines) is 1. The van der Waals surface area contributed by atoms with E-state index in [-0.39, 0.29) is 23.3 Å². The van der Waals surface area contributed by atoms with Gasteiger partial charge in [-0.15, -0.1) is 0 Å². The Hall–Kier alpha value is -0.650. The lowest BCUT2D eigenvalue weighted by Crippen LogP contribution is -2.41. The van der Waals surface area contributed by atoms with Crippen LogP contribution >= 0.6 is 0 Å². The highest BCUT2D eigenvalue weighted by Gasteiger charge is 2.57. The molecular formula is C13H22N2O3. The molecule has 0 aromatic heterocycles. The summed E-state index contributed by atoms with van der Waals surface area (Å²) < 4.78 is 5.19. The third kappa shape index (κ3) is 1.68. The fourth-order valence-corrected chi connectivity index (χ4v) is 3.58. The van der Waals surface area contributed by atoms with E-state index in [0.29, 0.717) is 19.1 Å². The van der Waals surface area contributed by atoms with E-state index in [9.17, 15) is 9.90 Å². The van der Waals surface area contributed by atoms with Gasteiger partial charge in [0.1, 0.15) is 0 Å². The van der Waals surface area contributed by atoms with Crippen LogP contribution in [-0.2, 0) is 9.53 Å². The molecule has 3 rings (SSSR count). The number of ether oxygens (including phenoxy) is 1. The molecule has 2 atom stereocenters. The van der Waals surface area contributed by atoms with E-state index in [1.165, 1.54) is 0 Å². The molecule has 3 fully saturated rings. The van der Waals surface area contributed by atoms with Gasteiger partial charge in [0.15, 0.2) is 0 Å². The van der Waals surface area contributed by atoms with Crippen LogP contribution in [0, 0.1) is 16.7 Å². The second kappa shape index (κ2) is 4.18. The lowest BCUT2D eigenvalue weighted by molar-refractivity contribution is -0.138. The fourth-order valence-electron chi connectivity index (χ4n) is 3.58. The third-order valence-electron chi connectivity index (χ3n) is 5.01. The van der Waals surface area contributed by atoms with Gasteiger partial charge in [-0.3, -0.25) is 4.79 Å². The van der Waals surface area contributed by atoms with Crippen LogP contribution in [0.5, 0.6) is 0 Å². The Morgan fingerprint density at radius 1 is 1.56 bits per heavy atom. The molecule has 0 radical (unpaired) electrons. The number of methoxy groups -OCH3 is 1. The molecule has 1 aliphatic carbocycles. The summed E-state index contributed by atoms with van der Waals surface area (Å²) >= 11 is 0. The van der Waals surface area contributed by atoms with Gasteiger partial charge in [-0.25, -0.2) is 0 Å². The van der Waals surface area contributed by atoms with Crippen molar-refractivity contribution in [3.8, 4) is 0 Å². The summed E-state index contributed by atoms with van der Waals surface area (Å²) in [6.45, 7) is 3.95. The van der Waals surface area contributed by atoms with Crippen LogP contribution in [0.25, 0.3) is 0 Å². The number of nitrogens with zero attached hydrogens (tertiary/aromatic N) is 1. The molecule has 2 heterocycles. The average Bonchev–Trinajstić information content (AvgIpc) is 2.90. The van der Waals surface area contributed by atoms with Crippen LogP contribution in [0.2, 0.25) is 0 Å². The number of hydrogen-bond acceptors (Lipinski definition) is 4. The molecule has 1 saturated carbocycles. The van der Waals surface area contributed by atoms with E-state index in [2.05, 4.69) is 5.32 Å². The number of aliphatic hydroxyl groups excluding tert-OH is 1. The van der Waals surface area contributed by atoms with Crippen LogP contribution in [0.3, 0.4) is 0 Å². The Morgan fingerprint density at radius 3 is 2.89 bits per heavy atom. The van der Waals surface area contributed by atoms with Crippen molar-refractivity contribution in [2.75, 3.05) is 46.5 Å². The SMILES string of the molecule is COCC1(C(=O)N2CC3CNCC3(CO)C2)CC1. The standard InChI is InChI=1S/C13H22N2O3/c1-18-9-12(2-3-12)11(17)15-5-10-4-14-6-13(10,7-15)8-16/h10,14,16H,2-9H2,1H3. The van der Waals surface area contributed by atoms with E-state index in [4.69, 9.17) is 4.74 Å². The smallest absolute Gasteiger partial charge is 0.231 e. The lowest BCUT2D eigenvalue weighted by Gasteiger charge is -2.27. The number of fused-ring (bicyclic) bond motifs is 1. The van der Waals surface area contributed by atoms with Gasteiger partial charge in [0.25, 0.3) is 0 Å². The second-order valence-corrected chi connectivity index (χ2v) is 6.25. The third-order valence-corrected chi connectivity index (χ3v) is 5.01. The molecule has 0 aromatic carbocycles. The Bertz CT molecular complexity index is 356. The van der Waals surface area contributed by atoms with Crippen molar-refractivity contribution in [1.82, 2.24) is 10.2 Å². The first kappa shape index (κ1) is 12.4. The average molecular weight is 254 g/mol. The molecule has 3 aliphatic rings. The largest absolute Gasteiger partial charge is 0.396 e. The summed E-state index contributed by atoms with van der Waals surface area (Å²) in [4.78, 5) is 14.5. The van der Waals surface area contributed by atoms with Crippen LogP contribution in [0.4, 0.5) is 0 Å². The fraction of sp³-hybridized carbons (Fsp3) is 0.923. The van der Waals surface area contributed by atoms with Gasteiger partial charge in [-0.2, -0.15) is 0 Å². The maximum atomic E-state index is 12.6. The highest BCUT2D eigenvalue weighted by molar-refractivity contribution is 5.86. The molecule has 5 heteroatoms. The minimum atomic E-state index is -0.239. The summed E-state index contributed by atoms with van der Waals surface area (Å²) in [7, 11) is 1.66. The van der Waals surface area contributed by atoms with Crippen molar-refractivity contribution in [3.63, 3.8) is 0 Å². The van der Waals surface area contributed by atoms with Crippen molar-refractivity contribution in [1.29, 1.82) is 0 Å². The van der Waals surface area contributed by atoms with Crippen molar-refractivity contribution >= 4 is 5.91 Å². The quantitative estimate of drug-likeness (QED) is 0.707. The number of amides is 1. The van der Waals surface area contributed by atoms with Gasteiger partial charge in [0.05, 0.1) is 18.6 Å². The van der Waals surface area contributed by atoms with Crippen LogP contribution in [0.15, 0.2) is 0 Å². The summed E-state index contributed by atoms with van der Waals surface area (Å²) in [6, 6.07) is 0. The zero-order valence-electron chi connectivity index (χ0n) is 10.9. The van der Waals surface area contributed by atoms with Crippen LogP contribution < -0.4 is 5.32 Å². The zero-order valence-corrected chi connectivity index (χ0v) is 10.9. The van der Waals surface area contributed by atoms with Gasteiger partial charge >= 0.3 is 0 Å². The van der Waals surface area contributed by atoms with Gasteiger partial charge < -0.3 is 20.1 Å². The number of carbonyl (C=O) groups excluding carboxylic acids is 1. The Kier molecular flexibility index (Phi) is 2.88. The molecule has 18 heavy (non-hydrogen) atoms. The molecular weight excluding hydrogens is 232 g/mol. The maximum absolute atomic E-state index is 12.6. The van der Waals surface area contributed by atoms with Crippen LogP contribution in [0.1, 0.15) is 12.8 Å². The summed E-state index contributed by atoms with van der Waals surface area (Å²) in [5, 5.41) is 13.0. The molecule has 1 amide bonds. The normalized spacial score (nSPS) is 36.8. The van der Waals surface area contributed by atoms with Crippen molar-refractivity contribution in [2.45, 2.75) is 12.8 Å². The van der Waals surface area contributed by atoms with Crippen molar-refractivity contribution in [3.05, 3.63) is 0 Å². The first-order valence-electron chi connectivity index (χ1n) is 6.76. The summed E-state index contributed by atoms with van der Waals surface area (Å²) in [5.41, 5.74) is -0.337. The van der Waals surface area contributed by atoms with Gasteiger partial charge in [0, 0.05) is 38.7 Å². The van der Waals surface area contributed by atoms with E-state index in [1.54, 1.807) is 7.11 Å². The van der Waals surface area contributed by atoms with Gasteiger partial charge in [-0.05, 0) is 18.8 Å². The molecule has 0 spiro atoms. The second-order valence-electron chi connectivity index (χ2n) is 6.25. The summed E-state index contributed by atoms with van der Waals surface area (Å²) in [6.07, 6.45) is 1.90. The van der Waals surface area contributed by atoms with Gasteiger partial charge in [-0.1, -0.05) is 0 Å². The summed E-state index contributed by atoms with van der Waals surface area (Å²) in [5.74, 6) is 0.649. The number of rotatable bonds is 4. The zero-order chi connectivity index (χ0) is 12.8. The molecule has 2 saturated heterocycles. The van der Waals surface area contributed by atoms with Crippen molar-refractivity contribution < 1.29 is 14.6 Å². The molecule has 0 aromatic rings. The molecule has 0 bridgehead atoms. The Labute approximate surface area is 107 Å².